The van der Waals surface area contributed by atoms with Gasteiger partial charge in [0.05, 0.1) is 28.8 Å². The lowest BCUT2D eigenvalue weighted by molar-refractivity contribution is 0.411. The van der Waals surface area contributed by atoms with Gasteiger partial charge in [-0.15, -0.1) is 0 Å². The molecule has 0 atom stereocenters. The van der Waals surface area contributed by atoms with Crippen molar-refractivity contribution >= 4 is 26.7 Å². The Balaban J connectivity index is 1.85. The molecule has 4 aromatic rings. The van der Waals surface area contributed by atoms with Crippen molar-refractivity contribution < 1.29 is 22.1 Å². The number of nitrogens with one attached hydrogen (secondary N) is 1. The summed E-state index contributed by atoms with van der Waals surface area (Å²) in [5.41, 5.74) is -0.102. The van der Waals surface area contributed by atoms with Crippen molar-refractivity contribution in [2.24, 2.45) is 5.41 Å². The smallest absolute Gasteiger partial charge is 0.263 e. The molecular weight excluding hydrogens is 473 g/mol. The molecule has 180 valence electrons. The summed E-state index contributed by atoms with van der Waals surface area (Å²) >= 11 is 0. The molecule has 35 heavy (non-hydrogen) atoms. The van der Waals surface area contributed by atoms with Crippen molar-refractivity contribution in [3.8, 4) is 23.3 Å². The molecule has 0 aliphatic rings. The van der Waals surface area contributed by atoms with Crippen molar-refractivity contribution in [2.75, 3.05) is 11.8 Å². The lowest BCUT2D eigenvalue weighted by atomic mass is 9.97. The predicted octanol–water partition coefficient (Wildman–Crippen LogP) is 4.32. The van der Waals surface area contributed by atoms with Gasteiger partial charge in [-0.1, -0.05) is 17.0 Å². The lowest BCUT2D eigenvalue weighted by Crippen LogP contribution is -2.19. The summed E-state index contributed by atoms with van der Waals surface area (Å²) < 4.78 is 54.1. The minimum atomic E-state index is -3.97. The van der Waals surface area contributed by atoms with E-state index < -0.39 is 21.4 Å². The minimum absolute atomic E-state index is 0.0323. The molecule has 0 fully saturated rings. The average Bonchev–Trinajstić information content (AvgIpc) is 3.29. The first kappa shape index (κ1) is 24.0. The first-order chi connectivity index (χ1) is 16.5. The standard InChI is InChI=1S/C25H22FN3O5S/c1-25(2,3)11-9-16-14-22(33-4)21(15-19(16)26)29-20-7-6-18(13-17(20)5-8-24(29)30)35(31,32)28-23-10-12-34-27-23/h5-8,10,12-15H,1-4H3,(H,27,28). The van der Waals surface area contributed by atoms with Gasteiger partial charge in [-0.25, -0.2) is 12.8 Å². The topological polar surface area (TPSA) is 103 Å². The second-order valence-corrected chi connectivity index (χ2v) is 10.4. The first-order valence-electron chi connectivity index (χ1n) is 10.5. The summed E-state index contributed by atoms with van der Waals surface area (Å²) in [7, 11) is -2.55. The minimum Gasteiger partial charge on any atom is -0.495 e. The molecule has 2 aromatic carbocycles. The van der Waals surface area contributed by atoms with Crippen LogP contribution in [0.2, 0.25) is 0 Å². The van der Waals surface area contributed by atoms with Crippen LogP contribution in [-0.2, 0) is 10.0 Å². The fourth-order valence-corrected chi connectivity index (χ4v) is 4.36. The largest absolute Gasteiger partial charge is 0.495 e. The number of hydrogen-bond donors (Lipinski definition) is 1. The number of nitrogens with zero attached hydrogens (tertiary/aromatic N) is 2. The van der Waals surface area contributed by atoms with Crippen molar-refractivity contribution in [3.63, 3.8) is 0 Å². The van der Waals surface area contributed by atoms with Gasteiger partial charge in [-0.3, -0.25) is 14.1 Å². The van der Waals surface area contributed by atoms with Gasteiger partial charge in [0.1, 0.15) is 17.8 Å². The van der Waals surface area contributed by atoms with Crippen LogP contribution in [-0.4, -0.2) is 25.3 Å². The molecule has 2 heterocycles. The van der Waals surface area contributed by atoms with Crippen LogP contribution in [0, 0.1) is 23.1 Å². The quantitative estimate of drug-likeness (QED) is 0.414. The number of rotatable bonds is 5. The van der Waals surface area contributed by atoms with Crippen LogP contribution in [0.4, 0.5) is 10.2 Å². The van der Waals surface area contributed by atoms with Crippen molar-refractivity contribution in [1.82, 2.24) is 9.72 Å². The zero-order valence-electron chi connectivity index (χ0n) is 19.4. The fraction of sp³-hybridized carbons (Fsp3) is 0.200. The fourth-order valence-electron chi connectivity index (χ4n) is 3.33. The third kappa shape index (κ3) is 5.05. The number of pyridine rings is 1. The molecule has 4 rings (SSSR count). The number of aromatic nitrogens is 2. The summed E-state index contributed by atoms with van der Waals surface area (Å²) in [5.74, 6) is 5.46. The molecule has 0 spiro atoms. The maximum atomic E-state index is 15.0. The number of hydrogen-bond acceptors (Lipinski definition) is 6. The molecular formula is C25H22FN3O5S. The molecule has 10 heteroatoms. The summed E-state index contributed by atoms with van der Waals surface area (Å²) in [6.07, 6.45) is 1.24. The third-order valence-electron chi connectivity index (χ3n) is 4.93. The highest BCUT2D eigenvalue weighted by molar-refractivity contribution is 7.92. The first-order valence-corrected chi connectivity index (χ1v) is 12.0. The summed E-state index contributed by atoms with van der Waals surface area (Å²) in [5, 5.41) is 3.98. The number of benzene rings is 2. The van der Waals surface area contributed by atoms with Crippen LogP contribution in [0.3, 0.4) is 0 Å². The van der Waals surface area contributed by atoms with E-state index >= 15 is 0 Å². The second-order valence-electron chi connectivity index (χ2n) is 8.72. The van der Waals surface area contributed by atoms with E-state index in [0.717, 1.165) is 0 Å². The molecule has 0 saturated carbocycles. The maximum absolute atomic E-state index is 15.0. The Hall–Kier alpha value is -4.10. The molecule has 2 aromatic heterocycles. The van der Waals surface area contributed by atoms with E-state index in [9.17, 15) is 17.6 Å². The van der Waals surface area contributed by atoms with Crippen molar-refractivity contribution in [3.05, 3.63) is 76.5 Å². The average molecular weight is 496 g/mol. The van der Waals surface area contributed by atoms with Gasteiger partial charge in [0.25, 0.3) is 15.6 Å². The highest BCUT2D eigenvalue weighted by Gasteiger charge is 2.19. The highest BCUT2D eigenvalue weighted by atomic mass is 32.2. The summed E-state index contributed by atoms with van der Waals surface area (Å²) in [4.78, 5) is 12.8. The van der Waals surface area contributed by atoms with Crippen LogP contribution < -0.4 is 15.0 Å². The molecule has 8 nitrogen and oxygen atoms in total. The zero-order chi connectivity index (χ0) is 25.4. The van der Waals surface area contributed by atoms with Gasteiger partial charge in [0, 0.05) is 35.1 Å². The SMILES string of the molecule is COc1cc(C#CC(C)(C)C)c(F)cc1-n1c(=O)ccc2cc(S(=O)(=O)Nc3ccon3)ccc21. The number of ether oxygens (including phenoxy) is 1. The Morgan fingerprint density at radius 3 is 2.54 bits per heavy atom. The van der Waals surface area contributed by atoms with Gasteiger partial charge in [0.2, 0.25) is 0 Å². The van der Waals surface area contributed by atoms with E-state index in [2.05, 4.69) is 26.2 Å². The van der Waals surface area contributed by atoms with Gasteiger partial charge >= 0.3 is 0 Å². The van der Waals surface area contributed by atoms with Crippen molar-refractivity contribution in [2.45, 2.75) is 25.7 Å². The molecule has 0 bridgehead atoms. The van der Waals surface area contributed by atoms with Crippen LogP contribution >= 0.6 is 0 Å². The maximum Gasteiger partial charge on any atom is 0.263 e. The lowest BCUT2D eigenvalue weighted by Gasteiger charge is -2.15. The van der Waals surface area contributed by atoms with Crippen LogP contribution in [0.25, 0.3) is 16.6 Å². The van der Waals surface area contributed by atoms with Crippen LogP contribution in [0.5, 0.6) is 5.75 Å². The Bertz CT molecular complexity index is 1640. The summed E-state index contributed by atoms with van der Waals surface area (Å²) in [6, 6.07) is 11.0. The zero-order valence-corrected chi connectivity index (χ0v) is 20.2. The Morgan fingerprint density at radius 1 is 1.11 bits per heavy atom. The molecule has 0 unspecified atom stereocenters. The van der Waals surface area contributed by atoms with Gasteiger partial charge in [-0.2, -0.15) is 0 Å². The van der Waals surface area contributed by atoms with Gasteiger partial charge < -0.3 is 9.26 Å². The molecule has 1 N–H and O–H groups in total. The van der Waals surface area contributed by atoms with E-state index in [1.54, 1.807) is 0 Å². The molecule has 0 saturated heterocycles. The Morgan fingerprint density at radius 2 is 1.89 bits per heavy atom. The molecule has 0 aliphatic carbocycles. The predicted molar refractivity (Wildman–Crippen MR) is 130 cm³/mol. The number of methoxy groups -OCH3 is 1. The number of anilines is 1. The molecule has 0 aliphatic heterocycles. The number of sulfonamides is 1. The van der Waals surface area contributed by atoms with E-state index in [0.29, 0.717) is 10.9 Å². The second kappa shape index (κ2) is 8.92. The monoisotopic (exact) mass is 495 g/mol. The molecule has 0 amide bonds. The third-order valence-corrected chi connectivity index (χ3v) is 6.29. The normalized spacial score (nSPS) is 11.7. The van der Waals surface area contributed by atoms with E-state index in [4.69, 9.17) is 4.74 Å². The van der Waals surface area contributed by atoms with Crippen LogP contribution in [0.15, 0.2) is 69.0 Å². The Kier molecular flexibility index (Phi) is 6.13. The highest BCUT2D eigenvalue weighted by Crippen LogP contribution is 2.29. The number of halogens is 1. The van der Waals surface area contributed by atoms with Gasteiger partial charge in [0.15, 0.2) is 5.82 Å². The van der Waals surface area contributed by atoms with Gasteiger partial charge in [-0.05, 0) is 45.0 Å². The molecule has 0 radical (unpaired) electrons. The Labute approximate surface area is 201 Å². The van der Waals surface area contributed by atoms with E-state index in [1.807, 2.05) is 20.8 Å². The van der Waals surface area contributed by atoms with E-state index in [1.165, 1.54) is 66.5 Å². The van der Waals surface area contributed by atoms with Crippen molar-refractivity contribution in [1.29, 1.82) is 0 Å². The summed E-state index contributed by atoms with van der Waals surface area (Å²) in [6.45, 7) is 5.73. The van der Waals surface area contributed by atoms with E-state index in [-0.39, 0.29) is 33.1 Å². The van der Waals surface area contributed by atoms with Crippen LogP contribution in [0.1, 0.15) is 26.3 Å². The number of fused-ring (bicyclic) bond motifs is 1.